The number of rotatable bonds is 6. The monoisotopic (exact) mass is 370 g/mol. The first kappa shape index (κ1) is 18.5. The number of fused-ring (bicyclic) bond motifs is 1. The van der Waals surface area contributed by atoms with E-state index in [0.717, 1.165) is 5.56 Å². The van der Waals surface area contributed by atoms with Crippen molar-refractivity contribution < 1.29 is 9.47 Å². The van der Waals surface area contributed by atoms with Gasteiger partial charge in [0.15, 0.2) is 17.1 Å². The van der Waals surface area contributed by atoms with Gasteiger partial charge in [0.25, 0.3) is 5.56 Å². The molecule has 1 N–H and O–H groups in total. The molecular weight excluding hydrogens is 348 g/mol. The number of benzene rings is 1. The van der Waals surface area contributed by atoms with Crippen LogP contribution in [0.3, 0.4) is 0 Å². The third kappa shape index (κ3) is 3.25. The number of aromatic amines is 1. The summed E-state index contributed by atoms with van der Waals surface area (Å²) in [7, 11) is 3.16. The molecule has 0 saturated carbocycles. The highest BCUT2D eigenvalue weighted by Crippen LogP contribution is 2.28. The topological polar surface area (TPSA) is 91.1 Å². The smallest absolute Gasteiger partial charge is 0.332 e. The quantitative estimate of drug-likeness (QED) is 0.718. The maximum absolute atomic E-state index is 12.5. The van der Waals surface area contributed by atoms with E-state index >= 15 is 0 Å². The summed E-state index contributed by atoms with van der Waals surface area (Å²) in [6.45, 7) is 4.35. The first-order chi connectivity index (χ1) is 13.0. The van der Waals surface area contributed by atoms with E-state index in [-0.39, 0.29) is 11.2 Å². The van der Waals surface area contributed by atoms with Gasteiger partial charge in [-0.05, 0) is 37.6 Å². The van der Waals surface area contributed by atoms with Crippen LogP contribution in [0.5, 0.6) is 11.5 Å². The number of imidazole rings is 1. The second-order valence-corrected chi connectivity index (χ2v) is 5.84. The summed E-state index contributed by atoms with van der Waals surface area (Å²) in [6.07, 6.45) is 3.59. The zero-order chi connectivity index (χ0) is 19.6. The van der Waals surface area contributed by atoms with Gasteiger partial charge in [-0.15, -0.1) is 0 Å². The first-order valence-electron chi connectivity index (χ1n) is 8.67. The average Bonchev–Trinajstić information content (AvgIpc) is 3.11. The van der Waals surface area contributed by atoms with Gasteiger partial charge in [0.2, 0.25) is 0 Å². The molecule has 0 aliphatic heterocycles. The summed E-state index contributed by atoms with van der Waals surface area (Å²) in [4.78, 5) is 32.4. The minimum atomic E-state index is -0.361. The molecule has 0 aliphatic carbocycles. The first-order valence-corrected chi connectivity index (χ1v) is 8.67. The Morgan fingerprint density at radius 1 is 1.04 bits per heavy atom. The van der Waals surface area contributed by atoms with Crippen LogP contribution in [-0.2, 0) is 13.1 Å². The van der Waals surface area contributed by atoms with Gasteiger partial charge in [-0.25, -0.2) is 9.78 Å². The Balaban J connectivity index is 2.06. The lowest BCUT2D eigenvalue weighted by Gasteiger charge is -2.07. The molecular formula is C19H22N4O4. The Bertz CT molecular complexity index is 1120. The third-order valence-corrected chi connectivity index (χ3v) is 4.35. The molecule has 142 valence electrons. The van der Waals surface area contributed by atoms with E-state index in [1.165, 1.54) is 9.13 Å². The van der Waals surface area contributed by atoms with E-state index in [4.69, 9.17) is 9.47 Å². The van der Waals surface area contributed by atoms with Crippen LogP contribution >= 0.6 is 0 Å². The summed E-state index contributed by atoms with van der Waals surface area (Å²) >= 11 is 0. The number of ether oxygens (including phenoxy) is 2. The minimum Gasteiger partial charge on any atom is -0.493 e. The number of hydrogen-bond acceptors (Lipinski definition) is 5. The lowest BCUT2D eigenvalue weighted by atomic mass is 10.2. The van der Waals surface area contributed by atoms with Crippen LogP contribution in [0.1, 0.15) is 25.2 Å². The molecule has 8 heteroatoms. The number of H-pyrrole nitrogens is 1. The molecule has 0 aliphatic rings. The van der Waals surface area contributed by atoms with Gasteiger partial charge in [0, 0.05) is 13.1 Å². The summed E-state index contributed by atoms with van der Waals surface area (Å²) in [5, 5.41) is 0. The molecule has 0 unspecified atom stereocenters. The Labute approximate surface area is 155 Å². The second kappa shape index (κ2) is 7.53. The van der Waals surface area contributed by atoms with E-state index in [9.17, 15) is 9.59 Å². The zero-order valence-electron chi connectivity index (χ0n) is 15.8. The molecule has 0 saturated heterocycles. The Morgan fingerprint density at radius 2 is 1.74 bits per heavy atom. The highest BCUT2D eigenvalue weighted by Gasteiger charge is 2.14. The van der Waals surface area contributed by atoms with E-state index in [2.05, 4.69) is 9.97 Å². The average molecular weight is 370 g/mol. The van der Waals surface area contributed by atoms with Crippen LogP contribution in [-0.4, -0.2) is 33.3 Å². The molecule has 0 radical (unpaired) electrons. The molecule has 8 nitrogen and oxygen atoms in total. The zero-order valence-corrected chi connectivity index (χ0v) is 15.8. The molecule has 2 heterocycles. The molecule has 3 aromatic rings. The van der Waals surface area contributed by atoms with Crippen molar-refractivity contribution in [1.82, 2.24) is 19.1 Å². The van der Waals surface area contributed by atoms with Crippen molar-refractivity contribution in [3.63, 3.8) is 0 Å². The van der Waals surface area contributed by atoms with Crippen molar-refractivity contribution in [2.75, 3.05) is 14.2 Å². The summed E-state index contributed by atoms with van der Waals surface area (Å²) < 4.78 is 13.2. The molecule has 3 rings (SSSR count). The number of nitrogens with one attached hydrogen (secondary N) is 1. The normalized spacial score (nSPS) is 11.4. The fourth-order valence-corrected chi connectivity index (χ4v) is 2.96. The molecule has 0 fully saturated rings. The van der Waals surface area contributed by atoms with Crippen molar-refractivity contribution in [3.05, 3.63) is 50.4 Å². The van der Waals surface area contributed by atoms with Gasteiger partial charge in [-0.3, -0.25) is 13.9 Å². The standard InChI is InChI=1S/C19H22N4O4/c1-5-22-17-16(18(24)23(6-2)19(22)25)20-15(21-17)10-8-12-7-9-13(26-3)14(11-12)27-4/h7-11H,5-6H2,1-4H3,(H,20,21). The van der Waals surface area contributed by atoms with E-state index < -0.39 is 0 Å². The summed E-state index contributed by atoms with van der Waals surface area (Å²) in [6, 6.07) is 5.53. The number of aromatic nitrogens is 4. The van der Waals surface area contributed by atoms with Gasteiger partial charge >= 0.3 is 5.69 Å². The fourth-order valence-electron chi connectivity index (χ4n) is 2.96. The lowest BCUT2D eigenvalue weighted by Crippen LogP contribution is -2.39. The molecule has 27 heavy (non-hydrogen) atoms. The van der Waals surface area contributed by atoms with Gasteiger partial charge in [-0.2, -0.15) is 0 Å². The van der Waals surface area contributed by atoms with Crippen molar-refractivity contribution in [3.8, 4) is 11.5 Å². The van der Waals surface area contributed by atoms with E-state index in [1.807, 2.05) is 31.2 Å². The van der Waals surface area contributed by atoms with Crippen LogP contribution in [0, 0.1) is 0 Å². The predicted octanol–water partition coefficient (Wildman–Crippen LogP) is 2.11. The summed E-state index contributed by atoms with van der Waals surface area (Å²) in [5.74, 6) is 1.76. The number of methoxy groups -OCH3 is 2. The molecule has 2 aromatic heterocycles. The largest absolute Gasteiger partial charge is 0.493 e. The number of nitrogens with zero attached hydrogens (tertiary/aromatic N) is 3. The highest BCUT2D eigenvalue weighted by molar-refractivity contribution is 5.76. The molecule has 1 aromatic carbocycles. The Morgan fingerprint density at radius 3 is 2.37 bits per heavy atom. The second-order valence-electron chi connectivity index (χ2n) is 5.84. The van der Waals surface area contributed by atoms with Crippen LogP contribution in [0.15, 0.2) is 27.8 Å². The van der Waals surface area contributed by atoms with Crippen LogP contribution < -0.4 is 20.7 Å². The van der Waals surface area contributed by atoms with E-state index in [0.29, 0.717) is 41.6 Å². The van der Waals surface area contributed by atoms with Gasteiger partial charge in [0.1, 0.15) is 11.3 Å². The maximum atomic E-state index is 12.5. The number of hydrogen-bond donors (Lipinski definition) is 1. The van der Waals surface area contributed by atoms with Crippen LogP contribution in [0.4, 0.5) is 0 Å². The molecule has 0 bridgehead atoms. The highest BCUT2D eigenvalue weighted by atomic mass is 16.5. The van der Waals surface area contributed by atoms with Crippen molar-refractivity contribution in [2.24, 2.45) is 0 Å². The number of aryl methyl sites for hydroxylation is 1. The van der Waals surface area contributed by atoms with Crippen molar-refractivity contribution in [1.29, 1.82) is 0 Å². The lowest BCUT2D eigenvalue weighted by molar-refractivity contribution is 0.355. The van der Waals surface area contributed by atoms with Crippen LogP contribution in [0.2, 0.25) is 0 Å². The van der Waals surface area contributed by atoms with Crippen molar-refractivity contribution >= 4 is 23.3 Å². The predicted molar refractivity (Wildman–Crippen MR) is 104 cm³/mol. The molecule has 0 spiro atoms. The fraction of sp³-hybridized carbons (Fsp3) is 0.316. The van der Waals surface area contributed by atoms with E-state index in [1.54, 1.807) is 27.2 Å². The molecule has 0 atom stereocenters. The maximum Gasteiger partial charge on any atom is 0.332 e. The Kier molecular flexibility index (Phi) is 5.16. The molecule has 0 amide bonds. The summed E-state index contributed by atoms with van der Waals surface area (Å²) in [5.41, 5.74) is 0.862. The van der Waals surface area contributed by atoms with Gasteiger partial charge < -0.3 is 14.5 Å². The van der Waals surface area contributed by atoms with Gasteiger partial charge in [0.05, 0.1) is 14.2 Å². The van der Waals surface area contributed by atoms with Crippen molar-refractivity contribution in [2.45, 2.75) is 26.9 Å². The van der Waals surface area contributed by atoms with Crippen LogP contribution in [0.25, 0.3) is 23.3 Å². The SMILES string of the molecule is CCn1c(=O)c2[nH]c(C=Cc3ccc(OC)c(OC)c3)nc2n(CC)c1=O. The van der Waals surface area contributed by atoms with Gasteiger partial charge in [-0.1, -0.05) is 12.1 Å². The third-order valence-electron chi connectivity index (χ3n) is 4.35. The Hall–Kier alpha value is -3.29. The minimum absolute atomic E-state index is 0.309.